The van der Waals surface area contributed by atoms with Crippen LogP contribution in [0.1, 0.15) is 36.7 Å². The molecule has 0 radical (unpaired) electrons. The van der Waals surface area contributed by atoms with Gasteiger partial charge in [-0.1, -0.05) is 64.2 Å². The molecule has 0 aliphatic rings. The van der Waals surface area contributed by atoms with Gasteiger partial charge in [-0.15, -0.1) is 0 Å². The van der Waals surface area contributed by atoms with E-state index in [0.29, 0.717) is 30.3 Å². The molecule has 0 bridgehead atoms. The van der Waals surface area contributed by atoms with Gasteiger partial charge in [-0.05, 0) is 109 Å². The second-order valence-corrected chi connectivity index (χ2v) is 21.6. The third kappa shape index (κ3) is 13.6. The zero-order valence-corrected chi connectivity index (χ0v) is 35.3. The molecule has 1 unspecified atom stereocenters. The Morgan fingerprint density at radius 2 is 1.29 bits per heavy atom. The molecule has 0 fully saturated rings. The third-order valence-electron chi connectivity index (χ3n) is 7.94. The fraction of sp³-hybridized carbons (Fsp3) is 0.324. The van der Waals surface area contributed by atoms with Gasteiger partial charge in [-0.3, -0.25) is 4.79 Å². The van der Waals surface area contributed by atoms with Crippen molar-refractivity contribution in [3.05, 3.63) is 116 Å². The van der Waals surface area contributed by atoms with Crippen LogP contribution in [0.5, 0.6) is 17.2 Å². The Hall–Kier alpha value is -2.79. The number of halogens is 3. The van der Waals surface area contributed by atoms with E-state index >= 15 is 0 Å². The van der Waals surface area contributed by atoms with Crippen molar-refractivity contribution in [2.45, 2.75) is 50.0 Å². The molecule has 4 rings (SSSR count). The van der Waals surface area contributed by atoms with Crippen LogP contribution in [0.25, 0.3) is 0 Å². The van der Waals surface area contributed by atoms with Gasteiger partial charge in [0.2, 0.25) is 10.0 Å². The number of rotatable bonds is 16. The number of carbonyl (C=O) groups excluding carboxylic acids is 1. The first kappa shape index (κ1) is 43.6. The molecule has 52 heavy (non-hydrogen) atoms. The highest BCUT2D eigenvalue weighted by Gasteiger charge is 2.37. The summed E-state index contributed by atoms with van der Waals surface area (Å²) in [7, 11) is -5.90. The van der Waals surface area contributed by atoms with Crippen molar-refractivity contribution in [1.29, 1.82) is 0 Å². The molecule has 0 aliphatic heterocycles. The lowest BCUT2D eigenvalue weighted by molar-refractivity contribution is 0.103. The highest BCUT2D eigenvalue weighted by atomic mass is 79.9. The lowest BCUT2D eigenvalue weighted by Gasteiger charge is -2.36. The summed E-state index contributed by atoms with van der Waals surface area (Å²) in [6.07, 6.45) is -1.28. The van der Waals surface area contributed by atoms with E-state index < -0.39 is 37.0 Å². The maximum atomic E-state index is 13.0. The molecule has 4 aromatic carbocycles. The topological polar surface area (TPSA) is 141 Å². The van der Waals surface area contributed by atoms with Crippen molar-refractivity contribution in [3.8, 4) is 17.2 Å². The lowest BCUT2D eigenvalue weighted by Crippen LogP contribution is -2.41. The lowest BCUT2D eigenvalue weighted by atomic mass is 10.0. The van der Waals surface area contributed by atoms with Gasteiger partial charge in [-0.25, -0.2) is 8.42 Å². The first-order chi connectivity index (χ1) is 24.5. The molecular formula is C37H44Br2ClNO9SSi. The van der Waals surface area contributed by atoms with Crippen molar-refractivity contribution < 1.29 is 42.1 Å². The fourth-order valence-corrected chi connectivity index (χ4v) is 7.28. The van der Waals surface area contributed by atoms with Crippen LogP contribution in [0.15, 0.2) is 105 Å². The minimum atomic E-state index is -4.26. The summed E-state index contributed by atoms with van der Waals surface area (Å²) in [4.78, 5) is 12.6. The summed E-state index contributed by atoms with van der Waals surface area (Å²) in [6, 6.07) is 24.6. The molecule has 3 N–H and O–H groups in total. The third-order valence-corrected chi connectivity index (χ3v) is 15.5. The number of aliphatic hydroxyl groups excluding tert-OH is 2. The molecule has 0 saturated heterocycles. The van der Waals surface area contributed by atoms with Crippen LogP contribution in [0.4, 0.5) is 0 Å². The van der Waals surface area contributed by atoms with E-state index in [1.807, 2.05) is 24.3 Å². The van der Waals surface area contributed by atoms with Gasteiger partial charge >= 0.3 is 0 Å². The van der Waals surface area contributed by atoms with Gasteiger partial charge < -0.3 is 28.8 Å². The maximum Gasteiger partial charge on any atom is 0.245 e. The van der Waals surface area contributed by atoms with Crippen LogP contribution in [-0.2, 0) is 14.4 Å². The molecule has 0 saturated carbocycles. The Kier molecular flexibility index (Phi) is 16.8. The summed E-state index contributed by atoms with van der Waals surface area (Å²) < 4.78 is 52.5. The summed E-state index contributed by atoms with van der Waals surface area (Å²) in [5.74, 6) is 1.28. The van der Waals surface area contributed by atoms with Crippen molar-refractivity contribution in [1.82, 2.24) is 4.72 Å². The van der Waals surface area contributed by atoms with Gasteiger partial charge in [0.25, 0.3) is 0 Å². The number of benzene rings is 4. The van der Waals surface area contributed by atoms with Gasteiger partial charge in [0.1, 0.15) is 35.4 Å². The zero-order chi connectivity index (χ0) is 38.5. The number of nitrogens with one attached hydrogen (secondary N) is 1. The van der Waals surface area contributed by atoms with E-state index in [2.05, 4.69) is 70.4 Å². The molecule has 0 aliphatic carbocycles. The molecule has 0 heterocycles. The first-order valence-electron chi connectivity index (χ1n) is 16.2. The standard InChI is InChI=1S/C23H21BrClNO7S.C14H23BrO2Si/c24-17-4-8-19(9-5-17)33-22(14-28)26-34(30,31)21-13-16(3-10-20(21)25)23(29)15-1-6-18(7-2-15)32-12-11-27;1-14(2,3)18(4,5)17-11-10-16-13-8-6-12(15)7-9-13/h1-10,13,22,26-28H,11-12,14H2;6-9H,10-11H2,1-5H3. The highest BCUT2D eigenvalue weighted by molar-refractivity contribution is 9.10. The second-order valence-electron chi connectivity index (χ2n) is 12.8. The predicted octanol–water partition coefficient (Wildman–Crippen LogP) is 8.23. The summed E-state index contributed by atoms with van der Waals surface area (Å²) >= 11 is 12.8. The van der Waals surface area contributed by atoms with Crippen LogP contribution in [0.2, 0.25) is 23.2 Å². The summed E-state index contributed by atoms with van der Waals surface area (Å²) in [5.41, 5.74) is 0.407. The van der Waals surface area contributed by atoms with E-state index in [9.17, 15) is 18.3 Å². The molecular weight excluding hydrogens is 858 g/mol. The SMILES string of the molecule is CC(C)(C)[Si](C)(C)OCCOc1ccc(Br)cc1.O=C(c1ccc(OCCO)cc1)c1ccc(Cl)c(S(=O)(=O)NC(CO)Oc2ccc(Br)cc2)c1. The van der Waals surface area contributed by atoms with E-state index in [1.165, 1.54) is 24.3 Å². The predicted molar refractivity (Wildman–Crippen MR) is 213 cm³/mol. The second kappa shape index (κ2) is 20.0. The first-order valence-corrected chi connectivity index (χ1v) is 22.6. The highest BCUT2D eigenvalue weighted by Crippen LogP contribution is 2.36. The average Bonchev–Trinajstić information content (AvgIpc) is 3.10. The van der Waals surface area contributed by atoms with Gasteiger partial charge in [0.05, 0.1) is 24.8 Å². The molecule has 0 aromatic heterocycles. The largest absolute Gasteiger partial charge is 0.491 e. The Bertz CT molecular complexity index is 1840. The van der Waals surface area contributed by atoms with Crippen molar-refractivity contribution in [2.75, 3.05) is 33.0 Å². The number of hydrogen-bond acceptors (Lipinski definition) is 9. The minimum absolute atomic E-state index is 0.0999. The van der Waals surface area contributed by atoms with E-state index in [-0.39, 0.29) is 33.7 Å². The summed E-state index contributed by atoms with van der Waals surface area (Å²) in [5, 5.41) is 18.6. The van der Waals surface area contributed by atoms with Crippen LogP contribution in [0.3, 0.4) is 0 Å². The smallest absolute Gasteiger partial charge is 0.245 e. The molecule has 4 aromatic rings. The van der Waals surface area contributed by atoms with Crippen molar-refractivity contribution >= 4 is 67.6 Å². The van der Waals surface area contributed by atoms with Crippen LogP contribution >= 0.6 is 43.5 Å². The quantitative estimate of drug-likeness (QED) is 0.0439. The Morgan fingerprint density at radius 1 is 0.788 bits per heavy atom. The Morgan fingerprint density at radius 3 is 1.81 bits per heavy atom. The van der Waals surface area contributed by atoms with Crippen molar-refractivity contribution in [3.63, 3.8) is 0 Å². The number of sulfonamides is 1. The summed E-state index contributed by atoms with van der Waals surface area (Å²) in [6.45, 7) is 11.9. The number of ether oxygens (including phenoxy) is 3. The Balaban J connectivity index is 0.000000341. The number of carbonyl (C=O) groups is 1. The zero-order valence-electron chi connectivity index (χ0n) is 29.6. The Labute approximate surface area is 328 Å². The number of hydrogen-bond donors (Lipinski definition) is 3. The molecule has 282 valence electrons. The van der Waals surface area contributed by atoms with Gasteiger partial charge in [0, 0.05) is 20.1 Å². The fourth-order valence-electron chi connectivity index (χ4n) is 4.10. The van der Waals surface area contributed by atoms with Crippen molar-refractivity contribution in [2.24, 2.45) is 0 Å². The van der Waals surface area contributed by atoms with Crippen LogP contribution in [-0.4, -0.2) is 72.0 Å². The molecule has 10 nitrogen and oxygen atoms in total. The van der Waals surface area contributed by atoms with Gasteiger partial charge in [-0.2, -0.15) is 4.72 Å². The van der Waals surface area contributed by atoms with E-state index in [1.54, 1.807) is 36.4 Å². The number of ketones is 1. The molecule has 1 atom stereocenters. The molecule has 15 heteroatoms. The van der Waals surface area contributed by atoms with Crippen LogP contribution < -0.4 is 18.9 Å². The molecule has 0 amide bonds. The van der Waals surface area contributed by atoms with Gasteiger partial charge in [0.15, 0.2) is 20.3 Å². The normalized spacial score (nSPS) is 12.3. The van der Waals surface area contributed by atoms with E-state index in [0.717, 1.165) is 20.8 Å². The number of aliphatic hydroxyl groups is 2. The van der Waals surface area contributed by atoms with Crippen LogP contribution in [0, 0.1) is 0 Å². The minimum Gasteiger partial charge on any atom is -0.491 e. The monoisotopic (exact) mass is 899 g/mol. The average molecular weight is 902 g/mol. The molecule has 0 spiro atoms. The van der Waals surface area contributed by atoms with E-state index in [4.69, 9.17) is 35.3 Å². The maximum absolute atomic E-state index is 13.0.